The molecular weight excluding hydrogens is 462 g/mol. The second kappa shape index (κ2) is 15.5. The first-order chi connectivity index (χ1) is 17.4. The summed E-state index contributed by atoms with van der Waals surface area (Å²) in [5, 5.41) is 5.51. The molecule has 2 atom stereocenters. The van der Waals surface area contributed by atoms with E-state index in [1.165, 1.54) is 11.1 Å². The Balaban J connectivity index is 2.09. The number of benzene rings is 1. The topological polar surface area (TPSA) is 179 Å². The van der Waals surface area contributed by atoms with Crippen molar-refractivity contribution in [3.05, 3.63) is 54.2 Å². The van der Waals surface area contributed by atoms with E-state index in [2.05, 4.69) is 15.6 Å². The fraction of sp³-hybridized carbons (Fsp3) is 0.440. The molecule has 0 fully saturated rings. The minimum absolute atomic E-state index is 0.221. The lowest BCUT2D eigenvalue weighted by molar-refractivity contribution is -0.134. The number of rotatable bonds is 15. The Morgan fingerprint density at radius 3 is 2.39 bits per heavy atom. The number of hydrogen-bond acceptors (Lipinski definition) is 8. The van der Waals surface area contributed by atoms with E-state index in [0.29, 0.717) is 44.1 Å². The first kappa shape index (κ1) is 28.7. The number of carbonyl (C=O) groups is 3. The average Bonchev–Trinajstić information content (AvgIpc) is 2.87. The fourth-order valence-corrected chi connectivity index (χ4v) is 3.53. The molecule has 1 aromatic heterocycles. The number of nitrogens with one attached hydrogen (secondary N) is 2. The first-order valence-corrected chi connectivity index (χ1v) is 12.0. The van der Waals surface area contributed by atoms with Crippen LogP contribution in [0.4, 0.5) is 5.69 Å². The molecule has 8 N–H and O–H groups in total. The van der Waals surface area contributed by atoms with Crippen molar-refractivity contribution in [2.45, 2.75) is 38.3 Å². The Morgan fingerprint density at radius 1 is 1.06 bits per heavy atom. The van der Waals surface area contributed by atoms with Crippen molar-refractivity contribution in [1.82, 2.24) is 15.2 Å². The minimum Gasteiger partial charge on any atom is -0.478 e. The molecular formula is C25H37N7O4. The molecule has 0 unspecified atom stereocenters. The maximum absolute atomic E-state index is 13.1. The molecule has 11 heteroatoms. The van der Waals surface area contributed by atoms with Crippen molar-refractivity contribution >= 4 is 23.4 Å². The summed E-state index contributed by atoms with van der Waals surface area (Å²) in [6, 6.07) is 10.8. The van der Waals surface area contributed by atoms with Crippen LogP contribution in [0.1, 0.15) is 25.3 Å². The molecule has 1 aromatic carbocycles. The summed E-state index contributed by atoms with van der Waals surface area (Å²) in [4.78, 5) is 44.1. The van der Waals surface area contributed by atoms with Gasteiger partial charge in [0.2, 0.25) is 23.6 Å². The largest absolute Gasteiger partial charge is 0.478 e. The number of carbonyl (C=O) groups excluding carboxylic acids is 3. The highest BCUT2D eigenvalue weighted by atomic mass is 16.5. The summed E-state index contributed by atoms with van der Waals surface area (Å²) in [5.74, 6) is -0.958. The molecule has 2 rings (SSSR count). The van der Waals surface area contributed by atoms with Gasteiger partial charge in [-0.25, -0.2) is 4.98 Å². The third kappa shape index (κ3) is 9.61. The highest BCUT2D eigenvalue weighted by Gasteiger charge is 2.26. The van der Waals surface area contributed by atoms with Crippen LogP contribution in [0.5, 0.6) is 5.88 Å². The number of aryl methyl sites for hydroxylation is 1. The summed E-state index contributed by atoms with van der Waals surface area (Å²) >= 11 is 0. The van der Waals surface area contributed by atoms with Crippen molar-refractivity contribution < 1.29 is 19.1 Å². The fourth-order valence-electron chi connectivity index (χ4n) is 3.53. The highest BCUT2D eigenvalue weighted by molar-refractivity contribution is 5.98. The van der Waals surface area contributed by atoms with Crippen molar-refractivity contribution in [3.63, 3.8) is 0 Å². The Bertz CT molecular complexity index is 968. The smallest absolute Gasteiger partial charge is 0.246 e. The van der Waals surface area contributed by atoms with Crippen LogP contribution in [-0.4, -0.2) is 72.5 Å². The SMILES string of the molecule is CCOc1cc(NC(=O)[C@H](CCc2ccccc2)NC(=O)[C@@H](N)CC(=O)N(CCN)CCN)ccn1. The van der Waals surface area contributed by atoms with E-state index < -0.39 is 23.9 Å². The third-order valence-electron chi connectivity index (χ3n) is 5.37. The van der Waals surface area contributed by atoms with Crippen molar-refractivity contribution in [2.24, 2.45) is 17.2 Å². The van der Waals surface area contributed by atoms with Gasteiger partial charge in [0.05, 0.1) is 19.1 Å². The van der Waals surface area contributed by atoms with Gasteiger partial charge in [0.1, 0.15) is 6.04 Å². The van der Waals surface area contributed by atoms with Crippen molar-refractivity contribution in [2.75, 3.05) is 38.1 Å². The zero-order valence-corrected chi connectivity index (χ0v) is 20.7. The van der Waals surface area contributed by atoms with E-state index in [-0.39, 0.29) is 25.4 Å². The molecule has 2 aromatic rings. The van der Waals surface area contributed by atoms with Gasteiger partial charge in [0.25, 0.3) is 0 Å². The van der Waals surface area contributed by atoms with Gasteiger partial charge in [0, 0.05) is 44.1 Å². The maximum Gasteiger partial charge on any atom is 0.246 e. The minimum atomic E-state index is -1.13. The summed E-state index contributed by atoms with van der Waals surface area (Å²) in [5.41, 5.74) is 18.6. The molecule has 0 spiro atoms. The van der Waals surface area contributed by atoms with Gasteiger partial charge in [-0.1, -0.05) is 30.3 Å². The Morgan fingerprint density at radius 2 is 1.75 bits per heavy atom. The van der Waals surface area contributed by atoms with Crippen LogP contribution >= 0.6 is 0 Å². The van der Waals surface area contributed by atoms with E-state index in [1.807, 2.05) is 37.3 Å². The van der Waals surface area contributed by atoms with E-state index in [4.69, 9.17) is 21.9 Å². The normalized spacial score (nSPS) is 12.3. The molecule has 1 heterocycles. The molecule has 0 bridgehead atoms. The van der Waals surface area contributed by atoms with E-state index >= 15 is 0 Å². The van der Waals surface area contributed by atoms with Gasteiger partial charge in [0.15, 0.2) is 0 Å². The maximum atomic E-state index is 13.1. The quantitative estimate of drug-likeness (QED) is 0.227. The number of nitrogens with zero attached hydrogens (tertiary/aromatic N) is 2. The van der Waals surface area contributed by atoms with Gasteiger partial charge >= 0.3 is 0 Å². The Labute approximate surface area is 211 Å². The van der Waals surface area contributed by atoms with Gasteiger partial charge in [-0.05, 0) is 31.4 Å². The molecule has 36 heavy (non-hydrogen) atoms. The summed E-state index contributed by atoms with van der Waals surface area (Å²) in [6.45, 7) is 3.46. The average molecular weight is 500 g/mol. The number of amides is 3. The van der Waals surface area contributed by atoms with Crippen LogP contribution in [0.15, 0.2) is 48.7 Å². The van der Waals surface area contributed by atoms with Crippen molar-refractivity contribution in [1.29, 1.82) is 0 Å². The predicted molar refractivity (Wildman–Crippen MR) is 138 cm³/mol. The number of nitrogens with two attached hydrogens (primary N) is 3. The molecule has 11 nitrogen and oxygen atoms in total. The molecule has 196 valence electrons. The molecule has 0 radical (unpaired) electrons. The molecule has 0 aliphatic rings. The summed E-state index contributed by atoms with van der Waals surface area (Å²) in [7, 11) is 0. The summed E-state index contributed by atoms with van der Waals surface area (Å²) in [6.07, 6.45) is 2.18. The number of hydrogen-bond donors (Lipinski definition) is 5. The van der Waals surface area contributed by atoms with Crippen LogP contribution in [-0.2, 0) is 20.8 Å². The van der Waals surface area contributed by atoms with Gasteiger partial charge in [-0.2, -0.15) is 0 Å². The summed E-state index contributed by atoms with van der Waals surface area (Å²) < 4.78 is 5.38. The number of pyridine rings is 1. The lowest BCUT2D eigenvalue weighted by atomic mass is 10.0. The molecule has 3 amide bonds. The van der Waals surface area contributed by atoms with Gasteiger partial charge in [-0.3, -0.25) is 14.4 Å². The molecule has 0 aliphatic carbocycles. The predicted octanol–water partition coefficient (Wildman–Crippen LogP) is -0.000200. The highest BCUT2D eigenvalue weighted by Crippen LogP contribution is 2.15. The van der Waals surface area contributed by atoms with Gasteiger partial charge < -0.3 is 37.5 Å². The van der Waals surface area contributed by atoms with Crippen molar-refractivity contribution in [3.8, 4) is 5.88 Å². The molecule has 0 saturated carbocycles. The number of anilines is 1. The molecule has 0 aliphatic heterocycles. The Kier molecular flexibility index (Phi) is 12.3. The monoisotopic (exact) mass is 499 g/mol. The van der Waals surface area contributed by atoms with E-state index in [0.717, 1.165) is 5.56 Å². The number of aromatic nitrogens is 1. The van der Waals surface area contributed by atoms with Crippen LogP contribution in [0.25, 0.3) is 0 Å². The van der Waals surface area contributed by atoms with E-state index in [1.54, 1.807) is 12.1 Å². The lowest BCUT2D eigenvalue weighted by Gasteiger charge is -2.24. The second-order valence-electron chi connectivity index (χ2n) is 8.16. The number of ether oxygens (including phenoxy) is 1. The second-order valence-corrected chi connectivity index (χ2v) is 8.16. The third-order valence-corrected chi connectivity index (χ3v) is 5.37. The van der Waals surface area contributed by atoms with Crippen LogP contribution < -0.4 is 32.6 Å². The van der Waals surface area contributed by atoms with Gasteiger partial charge in [-0.15, -0.1) is 0 Å². The zero-order valence-electron chi connectivity index (χ0n) is 20.7. The molecule has 0 saturated heterocycles. The zero-order chi connectivity index (χ0) is 26.3. The van der Waals surface area contributed by atoms with Crippen LogP contribution in [0.3, 0.4) is 0 Å². The van der Waals surface area contributed by atoms with Crippen LogP contribution in [0.2, 0.25) is 0 Å². The Hall–Kier alpha value is -3.54. The van der Waals surface area contributed by atoms with E-state index in [9.17, 15) is 14.4 Å². The lowest BCUT2D eigenvalue weighted by Crippen LogP contribution is -2.52. The standard InChI is InChI=1S/C25H37N7O4/c1-2-36-22-16-19(10-13-29-22)30-25(35)21(9-8-18-6-4-3-5-7-18)31-24(34)20(28)17-23(33)32(14-11-26)15-12-27/h3-7,10,13,16,20-21H,2,8-9,11-12,14-15,17,26-28H2,1H3,(H,31,34)(H,29,30,35)/t20-,21-/m0/s1. The van der Waals surface area contributed by atoms with Crippen LogP contribution in [0, 0.1) is 0 Å². The first-order valence-electron chi connectivity index (χ1n) is 12.0.